The van der Waals surface area contributed by atoms with Crippen molar-refractivity contribution in [2.45, 2.75) is 51.2 Å². The monoisotopic (exact) mass is 495 g/mol. The van der Waals surface area contributed by atoms with E-state index in [4.69, 9.17) is 0 Å². The first kappa shape index (κ1) is 23.6. The number of para-hydroxylation sites is 1. The topological polar surface area (TPSA) is 88.0 Å². The highest BCUT2D eigenvalue weighted by Crippen LogP contribution is 2.31. The zero-order chi connectivity index (χ0) is 25.2. The number of benzene rings is 2. The number of carbonyl (C=O) groups is 1. The highest BCUT2D eigenvalue weighted by Gasteiger charge is 2.29. The number of aromatic nitrogens is 4. The number of amides is 1. The predicted molar refractivity (Wildman–Crippen MR) is 146 cm³/mol. The van der Waals surface area contributed by atoms with Gasteiger partial charge in [0.25, 0.3) is 0 Å². The van der Waals surface area contributed by atoms with Gasteiger partial charge in [0.05, 0.1) is 11.7 Å². The van der Waals surface area contributed by atoms with Crippen LogP contribution in [-0.2, 0) is 11.3 Å². The number of hydrogen-bond acceptors (Lipinski definition) is 6. The molecule has 2 fully saturated rings. The fourth-order valence-electron chi connectivity index (χ4n) is 5.52. The summed E-state index contributed by atoms with van der Waals surface area (Å²) in [5, 5.41) is 12.4. The Kier molecular flexibility index (Phi) is 6.57. The lowest BCUT2D eigenvalue weighted by molar-refractivity contribution is -0.117. The van der Waals surface area contributed by atoms with Crippen molar-refractivity contribution < 1.29 is 4.79 Å². The van der Waals surface area contributed by atoms with Gasteiger partial charge in [-0.1, -0.05) is 30.3 Å². The third-order valence-corrected chi connectivity index (χ3v) is 7.65. The molecule has 0 atom stereocenters. The molecule has 0 unspecified atom stereocenters. The van der Waals surface area contributed by atoms with Crippen molar-refractivity contribution >= 4 is 28.4 Å². The molecule has 2 aromatic carbocycles. The zero-order valence-corrected chi connectivity index (χ0v) is 21.2. The van der Waals surface area contributed by atoms with Gasteiger partial charge in [0, 0.05) is 73.6 Å². The fourth-order valence-corrected chi connectivity index (χ4v) is 5.52. The molecule has 1 amide bonds. The Morgan fingerprint density at radius 3 is 2.54 bits per heavy atom. The first-order valence-corrected chi connectivity index (χ1v) is 13.2. The smallest absolute Gasteiger partial charge is 0.224 e. The Bertz CT molecular complexity index is 1370. The molecule has 3 heterocycles. The van der Waals surface area contributed by atoms with Crippen molar-refractivity contribution in [3.8, 4) is 11.1 Å². The second-order valence-electron chi connectivity index (χ2n) is 10.3. The van der Waals surface area contributed by atoms with E-state index in [1.54, 1.807) is 6.92 Å². The van der Waals surface area contributed by atoms with Crippen molar-refractivity contribution in [1.29, 1.82) is 0 Å². The molecule has 6 rings (SSSR count). The average molecular weight is 496 g/mol. The van der Waals surface area contributed by atoms with Gasteiger partial charge in [0.1, 0.15) is 0 Å². The summed E-state index contributed by atoms with van der Waals surface area (Å²) in [6.07, 6.45) is 9.73. The van der Waals surface area contributed by atoms with E-state index < -0.39 is 0 Å². The molecular weight excluding hydrogens is 462 g/mol. The van der Waals surface area contributed by atoms with E-state index in [-0.39, 0.29) is 11.9 Å². The summed E-state index contributed by atoms with van der Waals surface area (Å²) >= 11 is 0. The summed E-state index contributed by atoms with van der Waals surface area (Å²) in [4.78, 5) is 23.8. The molecule has 2 aromatic heterocycles. The van der Waals surface area contributed by atoms with E-state index in [1.807, 2.05) is 46.2 Å². The summed E-state index contributed by atoms with van der Waals surface area (Å²) in [5.41, 5.74) is 4.13. The molecule has 0 spiro atoms. The minimum Gasteiger partial charge on any atom is -0.351 e. The molecule has 1 saturated heterocycles. The van der Waals surface area contributed by atoms with Crippen molar-refractivity contribution in [1.82, 2.24) is 25.1 Å². The Labute approximate surface area is 217 Å². The third-order valence-electron chi connectivity index (χ3n) is 7.65. The normalized spacial score (nSPS) is 19.9. The van der Waals surface area contributed by atoms with Crippen LogP contribution in [-0.4, -0.2) is 50.8 Å². The number of nitrogens with one attached hydrogen (secondary N) is 2. The number of carbonyl (C=O) groups excluding carboxylic acids is 1. The minimum atomic E-state index is 0.0870. The van der Waals surface area contributed by atoms with Crippen LogP contribution >= 0.6 is 0 Å². The minimum absolute atomic E-state index is 0.0870. The fraction of sp³-hybridized carbons (Fsp3) is 0.379. The van der Waals surface area contributed by atoms with Crippen LogP contribution < -0.4 is 15.5 Å². The Hall–Kier alpha value is -3.78. The third kappa shape index (κ3) is 5.20. The molecule has 8 heteroatoms. The first-order valence-electron chi connectivity index (χ1n) is 13.2. The van der Waals surface area contributed by atoms with Crippen LogP contribution in [0.25, 0.3) is 22.0 Å². The molecule has 1 aliphatic heterocycles. The van der Waals surface area contributed by atoms with Crippen LogP contribution in [0.1, 0.15) is 32.6 Å². The summed E-state index contributed by atoms with van der Waals surface area (Å²) in [7, 11) is 0. The standard InChI is InChI=1S/C29H33N7O/c1-20(37)36(26-10-6-22(7-11-26)24-17-32-35(19-24)18-21-14-30-15-21)27-12-8-25(9-13-27)33-29-31-16-23-4-2-3-5-28(23)34-29/h2-7,10-11,16-17,19,21,25,27,30H,8-9,12-15,18H2,1H3,(H,31,33,34). The van der Waals surface area contributed by atoms with Gasteiger partial charge in [-0.15, -0.1) is 0 Å². The molecule has 2 N–H and O–H groups in total. The summed E-state index contributed by atoms with van der Waals surface area (Å²) in [6.45, 7) is 4.76. The van der Waals surface area contributed by atoms with Gasteiger partial charge >= 0.3 is 0 Å². The molecule has 37 heavy (non-hydrogen) atoms. The van der Waals surface area contributed by atoms with Crippen LogP contribution in [0.2, 0.25) is 0 Å². The van der Waals surface area contributed by atoms with E-state index in [1.165, 1.54) is 0 Å². The largest absolute Gasteiger partial charge is 0.351 e. The van der Waals surface area contributed by atoms with Crippen LogP contribution in [0.15, 0.2) is 67.1 Å². The molecule has 8 nitrogen and oxygen atoms in total. The van der Waals surface area contributed by atoms with Gasteiger partial charge < -0.3 is 15.5 Å². The summed E-state index contributed by atoms with van der Waals surface area (Å²) < 4.78 is 2.03. The molecule has 0 bridgehead atoms. The maximum absolute atomic E-state index is 12.7. The summed E-state index contributed by atoms with van der Waals surface area (Å²) in [5.74, 6) is 1.43. The van der Waals surface area contributed by atoms with Crippen molar-refractivity contribution in [3.63, 3.8) is 0 Å². The molecule has 2 aliphatic rings. The lowest BCUT2D eigenvalue weighted by Crippen LogP contribution is -2.44. The van der Waals surface area contributed by atoms with Crippen LogP contribution in [0, 0.1) is 5.92 Å². The highest BCUT2D eigenvalue weighted by atomic mass is 16.2. The van der Waals surface area contributed by atoms with Crippen molar-refractivity contribution in [2.24, 2.45) is 5.92 Å². The molecule has 1 aliphatic carbocycles. The first-order chi connectivity index (χ1) is 18.1. The molecule has 0 radical (unpaired) electrons. The Morgan fingerprint density at radius 1 is 1.03 bits per heavy atom. The number of fused-ring (bicyclic) bond motifs is 1. The zero-order valence-electron chi connectivity index (χ0n) is 21.2. The number of nitrogens with zero attached hydrogens (tertiary/aromatic N) is 5. The number of hydrogen-bond donors (Lipinski definition) is 2. The Morgan fingerprint density at radius 2 is 1.81 bits per heavy atom. The van der Waals surface area contributed by atoms with E-state index in [0.717, 1.165) is 73.0 Å². The highest BCUT2D eigenvalue weighted by molar-refractivity contribution is 5.92. The van der Waals surface area contributed by atoms with Gasteiger partial charge in [0.2, 0.25) is 11.9 Å². The second-order valence-corrected chi connectivity index (χ2v) is 10.3. The van der Waals surface area contributed by atoms with Gasteiger partial charge in [-0.25, -0.2) is 9.97 Å². The van der Waals surface area contributed by atoms with E-state index in [2.05, 4.69) is 56.2 Å². The van der Waals surface area contributed by atoms with E-state index >= 15 is 0 Å². The van der Waals surface area contributed by atoms with Gasteiger partial charge in [-0.3, -0.25) is 9.48 Å². The SMILES string of the molecule is CC(=O)N(c1ccc(-c2cnn(CC3CNC3)c2)cc1)C1CCC(Nc2ncc3ccccc3n2)CC1. The van der Waals surface area contributed by atoms with Crippen molar-refractivity contribution in [3.05, 3.63) is 67.1 Å². The van der Waals surface area contributed by atoms with Crippen molar-refractivity contribution in [2.75, 3.05) is 23.3 Å². The maximum Gasteiger partial charge on any atom is 0.224 e. The number of rotatable bonds is 7. The quantitative estimate of drug-likeness (QED) is 0.393. The lowest BCUT2D eigenvalue weighted by Gasteiger charge is -2.36. The average Bonchev–Trinajstić information content (AvgIpc) is 3.36. The van der Waals surface area contributed by atoms with Gasteiger partial charge in [0.15, 0.2) is 0 Å². The molecule has 1 saturated carbocycles. The van der Waals surface area contributed by atoms with E-state index in [9.17, 15) is 4.79 Å². The van der Waals surface area contributed by atoms with E-state index in [0.29, 0.717) is 17.9 Å². The molecular formula is C29H33N7O. The van der Waals surface area contributed by atoms with Gasteiger partial charge in [-0.2, -0.15) is 5.10 Å². The van der Waals surface area contributed by atoms with Gasteiger partial charge in [-0.05, 0) is 49.4 Å². The maximum atomic E-state index is 12.7. The van der Waals surface area contributed by atoms with Crippen LogP contribution in [0.4, 0.5) is 11.6 Å². The summed E-state index contributed by atoms with van der Waals surface area (Å²) in [6, 6.07) is 16.9. The van der Waals surface area contributed by atoms with Crippen LogP contribution in [0.3, 0.4) is 0 Å². The van der Waals surface area contributed by atoms with Crippen LogP contribution in [0.5, 0.6) is 0 Å². The lowest BCUT2D eigenvalue weighted by atomic mass is 9.89. The predicted octanol–water partition coefficient (Wildman–Crippen LogP) is 4.49. The Balaban J connectivity index is 1.08. The number of anilines is 2. The second kappa shape index (κ2) is 10.3. The molecule has 190 valence electrons. The molecule has 4 aromatic rings.